The lowest BCUT2D eigenvalue weighted by molar-refractivity contribution is 0.180. The molecule has 6 heteroatoms. The van der Waals surface area contributed by atoms with Crippen LogP contribution in [0.1, 0.15) is 39.5 Å². The van der Waals surface area contributed by atoms with Gasteiger partial charge in [0.1, 0.15) is 0 Å². The summed E-state index contributed by atoms with van der Waals surface area (Å²) in [7, 11) is -3.14. The molecule has 2 N–H and O–H groups in total. The molecule has 0 spiro atoms. The minimum atomic E-state index is -3.14. The van der Waals surface area contributed by atoms with Crippen molar-refractivity contribution in [1.29, 1.82) is 0 Å². The second-order valence-corrected chi connectivity index (χ2v) is 7.18. The number of rotatable bonds is 10. The van der Waals surface area contributed by atoms with E-state index in [2.05, 4.69) is 17.0 Å². The molecule has 1 aliphatic heterocycles. The lowest BCUT2D eigenvalue weighted by atomic mass is 10.0. The summed E-state index contributed by atoms with van der Waals surface area (Å²) in [6.45, 7) is 7.37. The van der Waals surface area contributed by atoms with Gasteiger partial charge in [-0.25, -0.2) is 13.1 Å². The standard InChI is InChI=1S/C13H28N2O3S/c1-3-7-14-8-4-5-10-19(16,17)15-12(2)13-6-9-18-11-13/h12-15H,3-11H2,1-2H3. The van der Waals surface area contributed by atoms with Gasteiger partial charge in [-0.15, -0.1) is 0 Å². The predicted octanol–water partition coefficient (Wildman–Crippen LogP) is 1.11. The van der Waals surface area contributed by atoms with Crippen molar-refractivity contribution in [1.82, 2.24) is 10.0 Å². The number of sulfonamides is 1. The molecule has 1 saturated heterocycles. The van der Waals surface area contributed by atoms with Crippen LogP contribution in [0.15, 0.2) is 0 Å². The van der Waals surface area contributed by atoms with Gasteiger partial charge >= 0.3 is 0 Å². The summed E-state index contributed by atoms with van der Waals surface area (Å²) in [6.07, 6.45) is 3.67. The molecule has 0 aromatic rings. The molecule has 0 bridgehead atoms. The minimum Gasteiger partial charge on any atom is -0.381 e. The summed E-state index contributed by atoms with van der Waals surface area (Å²) in [5, 5.41) is 3.28. The number of ether oxygens (including phenoxy) is 1. The third-order valence-corrected chi connectivity index (χ3v) is 5.04. The molecule has 0 amide bonds. The first-order valence-corrected chi connectivity index (χ1v) is 8.99. The van der Waals surface area contributed by atoms with Gasteiger partial charge in [-0.05, 0) is 45.7 Å². The summed E-state index contributed by atoms with van der Waals surface area (Å²) in [6, 6.07) is -0.0225. The third kappa shape index (κ3) is 7.25. The third-order valence-electron chi connectivity index (χ3n) is 3.48. The van der Waals surface area contributed by atoms with Crippen LogP contribution in [0.2, 0.25) is 0 Å². The molecule has 1 fully saturated rings. The van der Waals surface area contributed by atoms with Gasteiger partial charge in [0.25, 0.3) is 0 Å². The van der Waals surface area contributed by atoms with E-state index in [1.165, 1.54) is 0 Å². The molecule has 114 valence electrons. The fraction of sp³-hybridized carbons (Fsp3) is 1.00. The quantitative estimate of drug-likeness (QED) is 0.592. The van der Waals surface area contributed by atoms with Crippen molar-refractivity contribution in [3.05, 3.63) is 0 Å². The van der Waals surface area contributed by atoms with Crippen molar-refractivity contribution in [2.45, 2.75) is 45.6 Å². The van der Waals surface area contributed by atoms with Crippen molar-refractivity contribution in [2.24, 2.45) is 5.92 Å². The zero-order chi connectivity index (χ0) is 14.1. The average Bonchev–Trinajstić information content (AvgIpc) is 2.87. The smallest absolute Gasteiger partial charge is 0.211 e. The molecule has 0 aromatic heterocycles. The molecule has 0 radical (unpaired) electrons. The Morgan fingerprint density at radius 3 is 2.74 bits per heavy atom. The number of hydrogen-bond acceptors (Lipinski definition) is 4. The van der Waals surface area contributed by atoms with Crippen molar-refractivity contribution in [3.63, 3.8) is 0 Å². The highest BCUT2D eigenvalue weighted by atomic mass is 32.2. The molecular formula is C13H28N2O3S. The molecule has 1 aliphatic rings. The van der Waals surface area contributed by atoms with Crippen molar-refractivity contribution in [3.8, 4) is 0 Å². The SMILES string of the molecule is CCCNCCCCS(=O)(=O)NC(C)C1CCOC1. The molecule has 19 heavy (non-hydrogen) atoms. The van der Waals surface area contributed by atoms with E-state index in [9.17, 15) is 8.42 Å². The maximum absolute atomic E-state index is 11.9. The van der Waals surface area contributed by atoms with Crippen LogP contribution in [0.3, 0.4) is 0 Å². The lowest BCUT2D eigenvalue weighted by Crippen LogP contribution is -2.39. The van der Waals surface area contributed by atoms with Gasteiger partial charge in [0, 0.05) is 18.6 Å². The van der Waals surface area contributed by atoms with Gasteiger partial charge in [0.15, 0.2) is 0 Å². The highest BCUT2D eigenvalue weighted by Gasteiger charge is 2.25. The van der Waals surface area contributed by atoms with E-state index in [1.54, 1.807) is 0 Å². The average molecular weight is 292 g/mol. The number of nitrogens with one attached hydrogen (secondary N) is 2. The molecule has 1 rings (SSSR count). The fourth-order valence-electron chi connectivity index (χ4n) is 2.23. The molecule has 2 atom stereocenters. The van der Waals surface area contributed by atoms with Crippen LogP contribution in [0.25, 0.3) is 0 Å². The fourth-order valence-corrected chi connectivity index (χ4v) is 3.69. The van der Waals surface area contributed by atoms with Gasteiger partial charge in [0.2, 0.25) is 10.0 Å². The van der Waals surface area contributed by atoms with Gasteiger partial charge < -0.3 is 10.1 Å². The second kappa shape index (κ2) is 8.89. The topological polar surface area (TPSA) is 67.4 Å². The van der Waals surface area contributed by atoms with Crippen LogP contribution in [-0.4, -0.2) is 46.5 Å². The van der Waals surface area contributed by atoms with Gasteiger partial charge in [0.05, 0.1) is 12.4 Å². The lowest BCUT2D eigenvalue weighted by Gasteiger charge is -2.19. The molecule has 2 unspecified atom stereocenters. The Kier molecular flexibility index (Phi) is 7.90. The first-order chi connectivity index (χ1) is 9.05. The van der Waals surface area contributed by atoms with E-state index >= 15 is 0 Å². The van der Waals surface area contributed by atoms with E-state index in [0.29, 0.717) is 18.9 Å². The highest BCUT2D eigenvalue weighted by molar-refractivity contribution is 7.89. The van der Waals surface area contributed by atoms with E-state index in [4.69, 9.17) is 4.74 Å². The molecule has 0 aliphatic carbocycles. The van der Waals surface area contributed by atoms with E-state index < -0.39 is 10.0 Å². The first kappa shape index (κ1) is 16.9. The largest absolute Gasteiger partial charge is 0.381 e. The Hall–Kier alpha value is -0.170. The van der Waals surface area contributed by atoms with Gasteiger partial charge in [-0.3, -0.25) is 0 Å². The highest BCUT2D eigenvalue weighted by Crippen LogP contribution is 2.17. The Labute approximate surface area is 117 Å². The zero-order valence-electron chi connectivity index (χ0n) is 12.2. The molecule has 0 aromatic carbocycles. The summed E-state index contributed by atoms with van der Waals surface area (Å²) in [5.74, 6) is 0.541. The summed E-state index contributed by atoms with van der Waals surface area (Å²) in [4.78, 5) is 0. The maximum atomic E-state index is 11.9. The van der Waals surface area contributed by atoms with Gasteiger partial charge in [-0.1, -0.05) is 6.92 Å². The number of hydrogen-bond donors (Lipinski definition) is 2. The van der Waals surface area contributed by atoms with Crippen LogP contribution >= 0.6 is 0 Å². The van der Waals surface area contributed by atoms with Crippen LogP contribution in [0.5, 0.6) is 0 Å². The Morgan fingerprint density at radius 1 is 1.32 bits per heavy atom. The Morgan fingerprint density at radius 2 is 2.11 bits per heavy atom. The molecule has 5 nitrogen and oxygen atoms in total. The van der Waals surface area contributed by atoms with Crippen molar-refractivity contribution < 1.29 is 13.2 Å². The molecule has 1 heterocycles. The first-order valence-electron chi connectivity index (χ1n) is 7.33. The summed E-state index contributed by atoms with van der Waals surface area (Å²) in [5.41, 5.74) is 0. The maximum Gasteiger partial charge on any atom is 0.211 e. The van der Waals surface area contributed by atoms with Crippen LogP contribution in [0, 0.1) is 5.92 Å². The monoisotopic (exact) mass is 292 g/mol. The predicted molar refractivity (Wildman–Crippen MR) is 77.7 cm³/mol. The normalized spacial score (nSPS) is 21.7. The Bertz CT molecular complexity index is 327. The van der Waals surface area contributed by atoms with E-state index in [1.807, 2.05) is 6.92 Å². The van der Waals surface area contributed by atoms with Crippen LogP contribution < -0.4 is 10.0 Å². The number of unbranched alkanes of at least 4 members (excludes halogenated alkanes) is 1. The van der Waals surface area contributed by atoms with E-state index in [0.717, 1.165) is 39.0 Å². The molecular weight excluding hydrogens is 264 g/mol. The second-order valence-electron chi connectivity index (χ2n) is 5.31. The zero-order valence-corrected chi connectivity index (χ0v) is 13.0. The van der Waals surface area contributed by atoms with Crippen LogP contribution in [0.4, 0.5) is 0 Å². The van der Waals surface area contributed by atoms with Crippen molar-refractivity contribution in [2.75, 3.05) is 32.1 Å². The van der Waals surface area contributed by atoms with E-state index in [-0.39, 0.29) is 11.8 Å². The van der Waals surface area contributed by atoms with Gasteiger partial charge in [-0.2, -0.15) is 0 Å². The van der Waals surface area contributed by atoms with Crippen LogP contribution in [-0.2, 0) is 14.8 Å². The summed E-state index contributed by atoms with van der Waals surface area (Å²) < 4.78 is 31.9. The van der Waals surface area contributed by atoms with Crippen molar-refractivity contribution >= 4 is 10.0 Å². The minimum absolute atomic E-state index is 0.0225. The summed E-state index contributed by atoms with van der Waals surface area (Å²) >= 11 is 0. The Balaban J connectivity index is 2.16. The molecule has 0 saturated carbocycles.